The molecule has 0 saturated heterocycles. The zero-order chi connectivity index (χ0) is 15.4. The highest BCUT2D eigenvalue weighted by Gasteiger charge is 2.07. The number of benzene rings is 1. The fourth-order valence-corrected chi connectivity index (χ4v) is 2.16. The van der Waals surface area contributed by atoms with Crippen LogP contribution >= 0.6 is 0 Å². The number of hydrogen-bond donors (Lipinski definition) is 0. The number of fused-ring (bicyclic) bond motifs is 1. The standard InChI is InChI=1S/C15H16N2O4/c1-3-16(4-2)13-6-5-11-9-12(7-8-17(19)20)15(18)21-14(11)10-13/h5-10H,3-4H2,1-2H3/b8-7+. The van der Waals surface area contributed by atoms with Gasteiger partial charge in [0.15, 0.2) is 0 Å². The van der Waals surface area contributed by atoms with Crippen molar-refractivity contribution >= 4 is 22.7 Å². The molecule has 0 fully saturated rings. The molecule has 2 aromatic rings. The maximum atomic E-state index is 11.8. The summed E-state index contributed by atoms with van der Waals surface area (Å²) in [6.45, 7) is 5.82. The zero-order valence-corrected chi connectivity index (χ0v) is 11.9. The van der Waals surface area contributed by atoms with Crippen molar-refractivity contribution in [1.82, 2.24) is 0 Å². The topological polar surface area (TPSA) is 76.6 Å². The first kappa shape index (κ1) is 14.8. The van der Waals surface area contributed by atoms with Crippen molar-refractivity contribution in [2.45, 2.75) is 13.8 Å². The molecule has 2 rings (SSSR count). The van der Waals surface area contributed by atoms with Crippen LogP contribution in [-0.4, -0.2) is 18.0 Å². The number of nitro groups is 1. The molecule has 6 nitrogen and oxygen atoms in total. The highest BCUT2D eigenvalue weighted by atomic mass is 16.6. The van der Waals surface area contributed by atoms with Gasteiger partial charge in [0.05, 0.1) is 10.5 Å². The first-order valence-corrected chi connectivity index (χ1v) is 6.69. The van der Waals surface area contributed by atoms with Crippen LogP contribution in [0, 0.1) is 10.1 Å². The van der Waals surface area contributed by atoms with Gasteiger partial charge in [-0.3, -0.25) is 10.1 Å². The van der Waals surface area contributed by atoms with Crippen molar-refractivity contribution in [3.8, 4) is 0 Å². The van der Waals surface area contributed by atoms with Crippen molar-refractivity contribution in [2.75, 3.05) is 18.0 Å². The van der Waals surface area contributed by atoms with E-state index in [0.717, 1.165) is 36.4 Å². The minimum Gasteiger partial charge on any atom is -0.422 e. The van der Waals surface area contributed by atoms with Gasteiger partial charge in [0.2, 0.25) is 6.20 Å². The van der Waals surface area contributed by atoms with Crippen LogP contribution in [0.4, 0.5) is 5.69 Å². The molecule has 0 aliphatic carbocycles. The first-order valence-electron chi connectivity index (χ1n) is 6.69. The summed E-state index contributed by atoms with van der Waals surface area (Å²) >= 11 is 0. The minimum absolute atomic E-state index is 0.162. The van der Waals surface area contributed by atoms with Crippen LogP contribution in [-0.2, 0) is 0 Å². The van der Waals surface area contributed by atoms with E-state index >= 15 is 0 Å². The van der Waals surface area contributed by atoms with Gasteiger partial charge in [-0.25, -0.2) is 4.79 Å². The third kappa shape index (κ3) is 3.28. The molecule has 0 saturated carbocycles. The Morgan fingerprint density at radius 3 is 2.62 bits per heavy atom. The summed E-state index contributed by atoms with van der Waals surface area (Å²) in [5.74, 6) is 0. The second-order valence-electron chi connectivity index (χ2n) is 4.48. The molecule has 0 bridgehead atoms. The van der Waals surface area contributed by atoms with Gasteiger partial charge in [-0.2, -0.15) is 0 Å². The van der Waals surface area contributed by atoms with Crippen molar-refractivity contribution in [3.63, 3.8) is 0 Å². The lowest BCUT2D eigenvalue weighted by atomic mass is 10.1. The molecule has 0 spiro atoms. The van der Waals surface area contributed by atoms with Crippen molar-refractivity contribution in [1.29, 1.82) is 0 Å². The second-order valence-corrected chi connectivity index (χ2v) is 4.48. The van der Waals surface area contributed by atoms with E-state index in [2.05, 4.69) is 18.7 Å². The third-order valence-electron chi connectivity index (χ3n) is 3.25. The van der Waals surface area contributed by atoms with Gasteiger partial charge in [0.25, 0.3) is 0 Å². The van der Waals surface area contributed by atoms with E-state index in [4.69, 9.17) is 4.42 Å². The summed E-state index contributed by atoms with van der Waals surface area (Å²) in [6.07, 6.45) is 1.87. The van der Waals surface area contributed by atoms with Gasteiger partial charge < -0.3 is 9.32 Å². The molecule has 0 N–H and O–H groups in total. The maximum absolute atomic E-state index is 11.8. The Kier molecular flexibility index (Phi) is 4.37. The van der Waals surface area contributed by atoms with E-state index in [1.165, 1.54) is 0 Å². The van der Waals surface area contributed by atoms with Gasteiger partial charge in [-0.15, -0.1) is 0 Å². The van der Waals surface area contributed by atoms with Crippen molar-refractivity contribution in [2.24, 2.45) is 0 Å². The highest BCUT2D eigenvalue weighted by Crippen LogP contribution is 2.22. The van der Waals surface area contributed by atoms with Crippen LogP contribution in [0.3, 0.4) is 0 Å². The lowest BCUT2D eigenvalue weighted by molar-refractivity contribution is -0.400. The molecule has 0 radical (unpaired) electrons. The molecular weight excluding hydrogens is 272 g/mol. The monoisotopic (exact) mass is 288 g/mol. The summed E-state index contributed by atoms with van der Waals surface area (Å²) in [6, 6.07) is 7.18. The summed E-state index contributed by atoms with van der Waals surface area (Å²) < 4.78 is 5.25. The van der Waals surface area contributed by atoms with Gasteiger partial charge in [0.1, 0.15) is 5.58 Å². The van der Waals surface area contributed by atoms with Crippen molar-refractivity contribution < 1.29 is 9.34 Å². The third-order valence-corrected chi connectivity index (χ3v) is 3.25. The molecule has 0 aliphatic heterocycles. The molecule has 6 heteroatoms. The Hall–Kier alpha value is -2.63. The molecule has 1 heterocycles. The molecule has 0 aliphatic rings. The SMILES string of the molecule is CCN(CC)c1ccc2cc(/C=C/[N+](=O)[O-])c(=O)oc2c1. The Morgan fingerprint density at radius 1 is 1.29 bits per heavy atom. The number of rotatable bonds is 5. The van der Waals surface area contributed by atoms with Crippen molar-refractivity contribution in [3.05, 3.63) is 56.6 Å². The van der Waals surface area contributed by atoms with Gasteiger partial charge in [-0.05, 0) is 32.0 Å². The molecule has 21 heavy (non-hydrogen) atoms. The number of nitrogens with zero attached hydrogens (tertiary/aromatic N) is 2. The fourth-order valence-electron chi connectivity index (χ4n) is 2.16. The molecule has 0 atom stereocenters. The predicted molar refractivity (Wildman–Crippen MR) is 82.1 cm³/mol. The summed E-state index contributed by atoms with van der Waals surface area (Å²) in [7, 11) is 0. The maximum Gasteiger partial charge on any atom is 0.343 e. The van der Waals surface area contributed by atoms with E-state index in [-0.39, 0.29) is 5.56 Å². The van der Waals surface area contributed by atoms with E-state index in [0.29, 0.717) is 5.58 Å². The molecule has 0 amide bonds. The predicted octanol–water partition coefficient (Wildman–Crippen LogP) is 2.89. The molecule has 1 aromatic carbocycles. The molecular formula is C15H16N2O4. The van der Waals surface area contributed by atoms with E-state index in [1.807, 2.05) is 18.2 Å². The lowest BCUT2D eigenvalue weighted by Gasteiger charge is -2.20. The van der Waals surface area contributed by atoms with Gasteiger partial charge in [0, 0.05) is 36.3 Å². The summed E-state index contributed by atoms with van der Waals surface area (Å²) in [4.78, 5) is 23.6. The fraction of sp³-hybridized carbons (Fsp3) is 0.267. The molecule has 110 valence electrons. The summed E-state index contributed by atoms with van der Waals surface area (Å²) in [5.41, 5.74) is 1.03. The van der Waals surface area contributed by atoms with Crippen LogP contribution in [0.25, 0.3) is 17.0 Å². The lowest BCUT2D eigenvalue weighted by Crippen LogP contribution is -2.21. The van der Waals surface area contributed by atoms with Gasteiger partial charge >= 0.3 is 5.63 Å². The van der Waals surface area contributed by atoms with E-state index in [1.54, 1.807) is 6.07 Å². The van der Waals surface area contributed by atoms with Crippen LogP contribution in [0.15, 0.2) is 39.7 Å². The Labute approximate surface area is 121 Å². The van der Waals surface area contributed by atoms with Crippen LogP contribution in [0.5, 0.6) is 0 Å². The average molecular weight is 288 g/mol. The first-order chi connectivity index (χ1) is 10.0. The average Bonchev–Trinajstić information content (AvgIpc) is 2.46. The second kappa shape index (κ2) is 6.21. The Bertz CT molecular complexity index is 745. The van der Waals surface area contributed by atoms with Crippen LogP contribution in [0.1, 0.15) is 19.4 Å². The highest BCUT2D eigenvalue weighted by molar-refractivity contribution is 5.82. The number of hydrogen-bond acceptors (Lipinski definition) is 5. The zero-order valence-electron chi connectivity index (χ0n) is 11.9. The smallest absolute Gasteiger partial charge is 0.343 e. The quantitative estimate of drug-likeness (QED) is 0.480. The number of anilines is 1. The Morgan fingerprint density at radius 2 is 2.00 bits per heavy atom. The van der Waals surface area contributed by atoms with E-state index in [9.17, 15) is 14.9 Å². The molecule has 1 aromatic heterocycles. The minimum atomic E-state index is -0.618. The Balaban J connectivity index is 2.49. The summed E-state index contributed by atoms with van der Waals surface area (Å²) in [5, 5.41) is 11.0. The van der Waals surface area contributed by atoms with E-state index < -0.39 is 10.5 Å². The largest absolute Gasteiger partial charge is 0.422 e. The van der Waals surface area contributed by atoms with Gasteiger partial charge in [-0.1, -0.05) is 0 Å². The molecule has 0 unspecified atom stereocenters. The van der Waals surface area contributed by atoms with Crippen LogP contribution in [0.2, 0.25) is 0 Å². The normalized spacial score (nSPS) is 11.1. The van der Waals surface area contributed by atoms with Crippen LogP contribution < -0.4 is 10.5 Å².